The Bertz CT molecular complexity index is 1110. The Morgan fingerprint density at radius 2 is 1.80 bits per heavy atom. The smallest absolute Gasteiger partial charge is 0.410 e. The number of aliphatic carboxylic acids is 1. The molecule has 1 aliphatic heterocycles. The zero-order valence-corrected chi connectivity index (χ0v) is 18.8. The Balaban J connectivity index is 1.48. The molecule has 1 fully saturated rings. The number of amides is 2. The van der Waals surface area contributed by atoms with Gasteiger partial charge in [0.25, 0.3) is 0 Å². The predicted molar refractivity (Wildman–Crippen MR) is 125 cm³/mol. The average Bonchev–Trinajstić information content (AvgIpc) is 3.19. The van der Waals surface area contributed by atoms with Crippen LogP contribution in [-0.4, -0.2) is 65.7 Å². The summed E-state index contributed by atoms with van der Waals surface area (Å²) < 4.78 is 17.9. The highest BCUT2D eigenvalue weighted by molar-refractivity contribution is 5.91. The number of carboxylic acids is 1. The number of carbonyl (C=O) groups is 3. The van der Waals surface area contributed by atoms with Crippen LogP contribution in [-0.2, 0) is 14.3 Å². The number of guanidine groups is 1. The molecule has 2 aromatic carbocycles. The normalized spacial score (nSPS) is 19.5. The molecule has 11 heteroatoms. The molecule has 2 unspecified atom stereocenters. The van der Waals surface area contributed by atoms with Crippen molar-refractivity contribution in [3.8, 4) is 11.1 Å². The van der Waals surface area contributed by atoms with Crippen LogP contribution in [0.25, 0.3) is 11.1 Å². The molecule has 4 rings (SSSR count). The molecule has 10 nitrogen and oxygen atoms in total. The minimum atomic E-state index is -1.25. The van der Waals surface area contributed by atoms with Gasteiger partial charge in [-0.05, 0) is 35.1 Å². The zero-order chi connectivity index (χ0) is 24.9. The fourth-order valence-electron chi connectivity index (χ4n) is 4.60. The molecule has 2 aromatic rings. The van der Waals surface area contributed by atoms with Crippen molar-refractivity contribution in [2.45, 2.75) is 30.8 Å². The summed E-state index contributed by atoms with van der Waals surface area (Å²) in [6.07, 6.45) is -0.289. The highest BCUT2D eigenvalue weighted by Gasteiger charge is 2.41. The van der Waals surface area contributed by atoms with E-state index in [0.29, 0.717) is 6.42 Å². The molecule has 0 spiro atoms. The van der Waals surface area contributed by atoms with Gasteiger partial charge in [-0.15, -0.1) is 4.48 Å². The number of fused-ring (bicyclic) bond motifs is 3. The van der Waals surface area contributed by atoms with Crippen molar-refractivity contribution in [3.63, 3.8) is 0 Å². The van der Waals surface area contributed by atoms with Crippen LogP contribution < -0.4 is 16.6 Å². The van der Waals surface area contributed by atoms with Crippen LogP contribution >= 0.6 is 0 Å². The largest absolute Gasteiger partial charge is 0.480 e. The molecule has 2 amide bonds. The van der Waals surface area contributed by atoms with Crippen molar-refractivity contribution < 1.29 is 28.7 Å². The number of carboxylic acid groups (broad SMARTS) is 1. The van der Waals surface area contributed by atoms with E-state index in [4.69, 9.17) is 10.5 Å². The van der Waals surface area contributed by atoms with Crippen LogP contribution in [0.15, 0.2) is 53.5 Å². The molecule has 2 aliphatic rings. The number of aliphatic imine (C=N–C) groups is 1. The summed E-state index contributed by atoms with van der Waals surface area (Å²) in [6.45, 7) is -0.0777. The van der Waals surface area contributed by atoms with Gasteiger partial charge in [0, 0.05) is 12.5 Å². The molecule has 1 aliphatic carbocycles. The van der Waals surface area contributed by atoms with Gasteiger partial charge in [-0.25, -0.2) is 9.59 Å². The standard InChI is InChI=1S/C24H26FN5O5/c25-29-23(26)27-11-5-10-20-21(31)28-19(22(32)33)12-30(20)24(34)35-13-18-16-8-3-1-6-14(16)15-7-2-4-9-17(15)18/h1-4,6-9,18-20H,5,10-13H2,(H,28,31)(H,32,33)(H3,26,27,29). The topological polar surface area (TPSA) is 146 Å². The lowest BCUT2D eigenvalue weighted by Crippen LogP contribution is -2.63. The molecule has 0 bridgehead atoms. The summed E-state index contributed by atoms with van der Waals surface area (Å²) in [5, 5.41) is 11.8. The number of nitrogens with zero attached hydrogens (tertiary/aromatic N) is 2. The minimum absolute atomic E-state index is 0.0401. The predicted octanol–water partition coefficient (Wildman–Crippen LogP) is 1.76. The van der Waals surface area contributed by atoms with E-state index in [1.807, 2.05) is 48.5 Å². The van der Waals surface area contributed by atoms with E-state index in [1.54, 1.807) is 0 Å². The molecule has 0 aromatic heterocycles. The summed E-state index contributed by atoms with van der Waals surface area (Å²) in [7, 11) is 0. The van der Waals surface area contributed by atoms with E-state index >= 15 is 0 Å². The molecule has 1 heterocycles. The summed E-state index contributed by atoms with van der Waals surface area (Å²) in [6, 6.07) is 13.6. The molecule has 1 saturated heterocycles. The van der Waals surface area contributed by atoms with Gasteiger partial charge in [-0.2, -0.15) is 5.54 Å². The van der Waals surface area contributed by atoms with Gasteiger partial charge >= 0.3 is 12.1 Å². The van der Waals surface area contributed by atoms with Crippen molar-refractivity contribution in [3.05, 3.63) is 59.7 Å². The van der Waals surface area contributed by atoms with Gasteiger partial charge in [0.15, 0.2) is 0 Å². The van der Waals surface area contributed by atoms with Gasteiger partial charge < -0.3 is 20.9 Å². The Hall–Kier alpha value is -4.15. The summed E-state index contributed by atoms with van der Waals surface area (Å²) >= 11 is 0. The quantitative estimate of drug-likeness (QED) is 0.203. The Morgan fingerprint density at radius 3 is 2.40 bits per heavy atom. The lowest BCUT2D eigenvalue weighted by atomic mass is 9.98. The van der Waals surface area contributed by atoms with E-state index in [2.05, 4.69) is 10.3 Å². The maximum atomic E-state index is 13.1. The fourth-order valence-corrected chi connectivity index (χ4v) is 4.60. The number of halogens is 1. The third-order valence-electron chi connectivity index (χ3n) is 6.26. The first-order chi connectivity index (χ1) is 16.9. The maximum Gasteiger partial charge on any atom is 0.410 e. The molecule has 5 N–H and O–H groups in total. The van der Waals surface area contributed by atoms with Gasteiger partial charge in [0.1, 0.15) is 18.7 Å². The van der Waals surface area contributed by atoms with Crippen LogP contribution in [0.4, 0.5) is 9.28 Å². The number of hydrogen-bond acceptors (Lipinski definition) is 5. The van der Waals surface area contributed by atoms with Crippen LogP contribution in [0.1, 0.15) is 29.9 Å². The summed E-state index contributed by atoms with van der Waals surface area (Å²) in [5.74, 6) is -2.42. The van der Waals surface area contributed by atoms with Gasteiger partial charge in [0.05, 0.1) is 6.54 Å². The van der Waals surface area contributed by atoms with E-state index < -0.39 is 36.0 Å². The molecule has 2 atom stereocenters. The SMILES string of the molecule is NC(=NCCCC1C(=O)NC(C(=O)O)CN1C(=O)OCC1c2ccccc2-c2ccccc21)NF. The number of rotatable bonds is 7. The number of piperazine rings is 1. The zero-order valence-electron chi connectivity index (χ0n) is 18.8. The summed E-state index contributed by atoms with van der Waals surface area (Å²) in [4.78, 5) is 42.2. The van der Waals surface area contributed by atoms with E-state index in [9.17, 15) is 24.0 Å². The van der Waals surface area contributed by atoms with Gasteiger partial charge in [-0.1, -0.05) is 48.5 Å². The number of ether oxygens (including phenoxy) is 1. The van der Waals surface area contributed by atoms with Crippen molar-refractivity contribution in [1.29, 1.82) is 0 Å². The summed E-state index contributed by atoms with van der Waals surface area (Å²) in [5.41, 5.74) is 10.7. The Labute approximate surface area is 200 Å². The second-order valence-corrected chi connectivity index (χ2v) is 8.38. The van der Waals surface area contributed by atoms with Crippen molar-refractivity contribution >= 4 is 23.9 Å². The molecule has 184 valence electrons. The Morgan fingerprint density at radius 1 is 1.17 bits per heavy atom. The van der Waals surface area contributed by atoms with E-state index in [1.165, 1.54) is 5.54 Å². The molecule has 0 saturated carbocycles. The number of nitrogens with two attached hydrogens (primary N) is 1. The number of hydrogen-bond donors (Lipinski definition) is 4. The van der Waals surface area contributed by atoms with Gasteiger partial charge in [-0.3, -0.25) is 14.7 Å². The number of carbonyl (C=O) groups excluding carboxylic acids is 2. The number of benzene rings is 2. The van der Waals surface area contributed by atoms with Crippen LogP contribution in [0, 0.1) is 0 Å². The van der Waals surface area contributed by atoms with Gasteiger partial charge in [0.2, 0.25) is 11.9 Å². The lowest BCUT2D eigenvalue weighted by Gasteiger charge is -2.37. The van der Waals surface area contributed by atoms with E-state index in [0.717, 1.165) is 27.2 Å². The van der Waals surface area contributed by atoms with E-state index in [-0.39, 0.29) is 32.0 Å². The molecule has 35 heavy (non-hydrogen) atoms. The minimum Gasteiger partial charge on any atom is -0.480 e. The first-order valence-corrected chi connectivity index (χ1v) is 11.2. The first-order valence-electron chi connectivity index (χ1n) is 11.2. The second kappa shape index (κ2) is 10.4. The highest BCUT2D eigenvalue weighted by Crippen LogP contribution is 2.44. The number of nitrogens with one attached hydrogen (secondary N) is 2. The van der Waals surface area contributed by atoms with Crippen LogP contribution in [0.2, 0.25) is 0 Å². The first kappa shape index (κ1) is 24.0. The lowest BCUT2D eigenvalue weighted by molar-refractivity contribution is -0.146. The average molecular weight is 484 g/mol. The van der Waals surface area contributed by atoms with Crippen molar-refractivity contribution in [2.24, 2.45) is 10.7 Å². The third-order valence-corrected chi connectivity index (χ3v) is 6.26. The molecular formula is C24H26FN5O5. The highest BCUT2D eigenvalue weighted by atomic mass is 19.2. The second-order valence-electron chi connectivity index (χ2n) is 8.38. The molecular weight excluding hydrogens is 457 g/mol. The van der Waals surface area contributed by atoms with Crippen LogP contribution in [0.3, 0.4) is 0 Å². The third kappa shape index (κ3) is 5.03. The van der Waals surface area contributed by atoms with Crippen LogP contribution in [0.5, 0.6) is 0 Å². The monoisotopic (exact) mass is 483 g/mol. The van der Waals surface area contributed by atoms with Crippen molar-refractivity contribution in [2.75, 3.05) is 19.7 Å². The fraction of sp³-hybridized carbons (Fsp3) is 0.333. The Kier molecular flexibility index (Phi) is 7.14. The molecule has 0 radical (unpaired) electrons. The maximum absolute atomic E-state index is 13.1. The van der Waals surface area contributed by atoms with Crippen molar-refractivity contribution in [1.82, 2.24) is 15.8 Å².